The van der Waals surface area contributed by atoms with Crippen LogP contribution < -0.4 is 5.32 Å². The Morgan fingerprint density at radius 2 is 1.87 bits per heavy atom. The van der Waals surface area contributed by atoms with Gasteiger partial charge >= 0.3 is 0 Å². The van der Waals surface area contributed by atoms with Gasteiger partial charge in [0.15, 0.2) is 0 Å². The smallest absolute Gasteiger partial charge is 0.273 e. The van der Waals surface area contributed by atoms with Crippen LogP contribution in [-0.4, -0.2) is 58.4 Å². The molecule has 2 saturated heterocycles. The molecule has 1 N–H and O–H groups in total. The van der Waals surface area contributed by atoms with E-state index in [-0.39, 0.29) is 23.5 Å². The number of nitro groups is 1. The summed E-state index contributed by atoms with van der Waals surface area (Å²) in [6, 6.07) is 14.2. The SMILES string of the molecule is Cc1ccc(C(=O)N2CCC3(CC2)NC(Cc2ccccc2)C(=O)N3C)cc1[N+](=O)[O-]. The molecule has 1 unspecified atom stereocenters. The molecule has 162 valence electrons. The Morgan fingerprint density at radius 1 is 1.19 bits per heavy atom. The van der Waals surface area contributed by atoms with Crippen molar-refractivity contribution in [3.63, 3.8) is 0 Å². The second-order valence-electron chi connectivity index (χ2n) is 8.37. The minimum absolute atomic E-state index is 0.0501. The molecule has 2 aromatic carbocycles. The highest BCUT2D eigenvalue weighted by Crippen LogP contribution is 2.33. The summed E-state index contributed by atoms with van der Waals surface area (Å²) in [5.74, 6) is -0.149. The molecule has 2 amide bonds. The van der Waals surface area contributed by atoms with Crippen LogP contribution in [0, 0.1) is 17.0 Å². The van der Waals surface area contributed by atoms with Gasteiger partial charge in [-0.25, -0.2) is 0 Å². The zero-order valence-electron chi connectivity index (χ0n) is 17.7. The lowest BCUT2D eigenvalue weighted by molar-refractivity contribution is -0.385. The molecule has 0 saturated carbocycles. The molecule has 0 aromatic heterocycles. The molecule has 0 radical (unpaired) electrons. The third-order valence-corrected chi connectivity index (χ3v) is 6.53. The van der Waals surface area contributed by atoms with Gasteiger partial charge in [0.1, 0.15) is 0 Å². The number of likely N-dealkylation sites (tertiary alicyclic amines) is 1. The molecule has 2 aromatic rings. The third-order valence-electron chi connectivity index (χ3n) is 6.53. The Bertz CT molecular complexity index is 1020. The zero-order chi connectivity index (χ0) is 22.2. The van der Waals surface area contributed by atoms with Gasteiger partial charge in [-0.1, -0.05) is 36.4 Å². The Hall–Kier alpha value is -3.26. The monoisotopic (exact) mass is 422 g/mol. The summed E-state index contributed by atoms with van der Waals surface area (Å²) in [6.45, 7) is 2.61. The lowest BCUT2D eigenvalue weighted by atomic mass is 9.95. The summed E-state index contributed by atoms with van der Waals surface area (Å²) < 4.78 is 0. The minimum atomic E-state index is -0.466. The number of likely N-dealkylation sites (N-methyl/N-ethyl adjacent to an activating group) is 1. The van der Waals surface area contributed by atoms with E-state index in [0.29, 0.717) is 43.5 Å². The maximum absolute atomic E-state index is 12.9. The number of carbonyl (C=O) groups excluding carboxylic acids is 2. The summed E-state index contributed by atoms with van der Waals surface area (Å²) in [5, 5.41) is 14.7. The average molecular weight is 422 g/mol. The van der Waals surface area contributed by atoms with Crippen molar-refractivity contribution >= 4 is 17.5 Å². The maximum Gasteiger partial charge on any atom is 0.273 e. The normalized spacial score (nSPS) is 20.3. The number of benzene rings is 2. The van der Waals surface area contributed by atoms with E-state index in [1.165, 1.54) is 6.07 Å². The second-order valence-corrected chi connectivity index (χ2v) is 8.37. The second kappa shape index (κ2) is 8.11. The van der Waals surface area contributed by atoms with Gasteiger partial charge in [-0.05, 0) is 25.0 Å². The van der Waals surface area contributed by atoms with E-state index in [9.17, 15) is 19.7 Å². The Balaban J connectivity index is 1.44. The van der Waals surface area contributed by atoms with Crippen molar-refractivity contribution in [3.05, 3.63) is 75.3 Å². The number of nitrogens with zero attached hydrogens (tertiary/aromatic N) is 3. The van der Waals surface area contributed by atoms with Crippen molar-refractivity contribution in [2.45, 2.75) is 37.9 Å². The quantitative estimate of drug-likeness (QED) is 0.603. The topological polar surface area (TPSA) is 95.8 Å². The zero-order valence-corrected chi connectivity index (χ0v) is 17.7. The van der Waals surface area contributed by atoms with E-state index in [4.69, 9.17) is 0 Å². The largest absolute Gasteiger partial charge is 0.338 e. The summed E-state index contributed by atoms with van der Waals surface area (Å²) in [4.78, 5) is 40.1. The van der Waals surface area contributed by atoms with E-state index in [1.54, 1.807) is 28.9 Å². The molecule has 2 aliphatic heterocycles. The number of amides is 2. The summed E-state index contributed by atoms with van der Waals surface area (Å²) in [6.07, 6.45) is 1.85. The molecule has 0 aliphatic carbocycles. The van der Waals surface area contributed by atoms with Crippen molar-refractivity contribution in [2.75, 3.05) is 20.1 Å². The number of carbonyl (C=O) groups is 2. The average Bonchev–Trinajstić information content (AvgIpc) is 2.99. The number of rotatable bonds is 4. The Kier molecular flexibility index (Phi) is 5.49. The fraction of sp³-hybridized carbons (Fsp3) is 0.391. The van der Waals surface area contributed by atoms with Crippen LogP contribution in [0.3, 0.4) is 0 Å². The number of nitrogens with one attached hydrogen (secondary N) is 1. The standard InChI is InChI=1S/C23H26N4O4/c1-16-8-9-18(15-20(16)27(30)31)21(28)26-12-10-23(11-13-26)24-19(22(29)25(23)2)14-17-6-4-3-5-7-17/h3-9,15,19,24H,10-14H2,1-2H3. The van der Waals surface area contributed by atoms with Crippen LogP contribution in [0.5, 0.6) is 0 Å². The Morgan fingerprint density at radius 3 is 2.52 bits per heavy atom. The first-order chi connectivity index (χ1) is 14.8. The fourth-order valence-electron chi connectivity index (χ4n) is 4.60. The van der Waals surface area contributed by atoms with Gasteiger partial charge in [0.25, 0.3) is 11.6 Å². The molecule has 2 heterocycles. The highest BCUT2D eigenvalue weighted by Gasteiger charge is 2.50. The van der Waals surface area contributed by atoms with Crippen LogP contribution >= 0.6 is 0 Å². The number of aryl methyl sites for hydroxylation is 1. The van der Waals surface area contributed by atoms with Crippen molar-refractivity contribution in [3.8, 4) is 0 Å². The molecule has 4 rings (SSSR count). The van der Waals surface area contributed by atoms with Gasteiger partial charge in [-0.3, -0.25) is 25.0 Å². The van der Waals surface area contributed by atoms with Crippen molar-refractivity contribution < 1.29 is 14.5 Å². The predicted octanol–water partition coefficient (Wildman–Crippen LogP) is 2.51. The predicted molar refractivity (Wildman–Crippen MR) is 116 cm³/mol. The van der Waals surface area contributed by atoms with E-state index < -0.39 is 10.6 Å². The van der Waals surface area contributed by atoms with Crippen LogP contribution in [0.1, 0.15) is 34.3 Å². The van der Waals surface area contributed by atoms with Gasteiger partial charge in [-0.15, -0.1) is 0 Å². The Labute approximate surface area is 181 Å². The highest BCUT2D eigenvalue weighted by molar-refractivity contribution is 5.95. The first-order valence-corrected chi connectivity index (χ1v) is 10.4. The van der Waals surface area contributed by atoms with Gasteiger partial charge < -0.3 is 9.80 Å². The lowest BCUT2D eigenvalue weighted by Crippen LogP contribution is -2.58. The molecule has 8 nitrogen and oxygen atoms in total. The van der Waals surface area contributed by atoms with Crippen molar-refractivity contribution in [1.82, 2.24) is 15.1 Å². The van der Waals surface area contributed by atoms with Gasteiger partial charge in [-0.2, -0.15) is 0 Å². The van der Waals surface area contributed by atoms with E-state index in [0.717, 1.165) is 5.56 Å². The number of hydrogen-bond donors (Lipinski definition) is 1. The lowest BCUT2D eigenvalue weighted by Gasteiger charge is -2.43. The first-order valence-electron chi connectivity index (χ1n) is 10.4. The minimum Gasteiger partial charge on any atom is -0.338 e. The maximum atomic E-state index is 12.9. The molecular weight excluding hydrogens is 396 g/mol. The summed E-state index contributed by atoms with van der Waals surface area (Å²) in [5.41, 5.74) is 1.43. The molecule has 2 fully saturated rings. The molecule has 31 heavy (non-hydrogen) atoms. The van der Waals surface area contributed by atoms with Crippen LogP contribution in [0.2, 0.25) is 0 Å². The van der Waals surface area contributed by atoms with Crippen LogP contribution in [0.15, 0.2) is 48.5 Å². The van der Waals surface area contributed by atoms with Gasteiger partial charge in [0.2, 0.25) is 5.91 Å². The van der Waals surface area contributed by atoms with Crippen molar-refractivity contribution in [2.24, 2.45) is 0 Å². The van der Waals surface area contributed by atoms with Gasteiger partial charge in [0.05, 0.1) is 16.6 Å². The van der Waals surface area contributed by atoms with E-state index >= 15 is 0 Å². The van der Waals surface area contributed by atoms with Crippen LogP contribution in [0.4, 0.5) is 5.69 Å². The number of nitro benzene ring substituents is 1. The summed E-state index contributed by atoms with van der Waals surface area (Å²) in [7, 11) is 1.82. The number of hydrogen-bond acceptors (Lipinski definition) is 5. The van der Waals surface area contributed by atoms with E-state index in [1.807, 2.05) is 37.4 Å². The molecule has 1 spiro atoms. The van der Waals surface area contributed by atoms with Crippen LogP contribution in [0.25, 0.3) is 0 Å². The fourth-order valence-corrected chi connectivity index (χ4v) is 4.60. The third kappa shape index (κ3) is 3.90. The highest BCUT2D eigenvalue weighted by atomic mass is 16.6. The number of piperidine rings is 1. The molecule has 0 bridgehead atoms. The molecule has 8 heteroatoms. The van der Waals surface area contributed by atoms with Gasteiger partial charge in [0, 0.05) is 50.2 Å². The molecular formula is C23H26N4O4. The molecule has 1 atom stereocenters. The van der Waals surface area contributed by atoms with E-state index in [2.05, 4.69) is 5.32 Å². The van der Waals surface area contributed by atoms with Crippen LogP contribution in [-0.2, 0) is 11.2 Å². The van der Waals surface area contributed by atoms with Crippen molar-refractivity contribution in [1.29, 1.82) is 0 Å². The summed E-state index contributed by atoms with van der Waals surface area (Å²) >= 11 is 0. The molecule has 2 aliphatic rings. The first kappa shape index (κ1) is 21.0.